The van der Waals surface area contributed by atoms with Crippen LogP contribution in [-0.4, -0.2) is 0 Å². The molecule has 0 saturated heterocycles. The molecular weight excluding hydrogens is 178 g/mol. The first kappa shape index (κ1) is 8.77. The summed E-state index contributed by atoms with van der Waals surface area (Å²) in [5.41, 5.74) is -0.133. The Labute approximate surface area is 83.0 Å². The maximum absolute atomic E-state index is 9.27. The van der Waals surface area contributed by atoms with E-state index in [1.165, 1.54) is 24.1 Å². The topological polar surface area (TPSA) is 23.8 Å². The largest absolute Gasteiger partial charge is 0.197 e. The molecule has 0 atom stereocenters. The van der Waals surface area contributed by atoms with Crippen molar-refractivity contribution in [2.75, 3.05) is 0 Å². The lowest BCUT2D eigenvalue weighted by Gasteiger charge is -2.29. The van der Waals surface area contributed by atoms with Crippen LogP contribution in [0.3, 0.4) is 0 Å². The third kappa shape index (κ3) is 1.49. The van der Waals surface area contributed by atoms with Gasteiger partial charge in [0.2, 0.25) is 0 Å². The van der Waals surface area contributed by atoms with Crippen LogP contribution in [-0.2, 0) is 5.41 Å². The summed E-state index contributed by atoms with van der Waals surface area (Å²) in [5, 5.41) is 11.3. The van der Waals surface area contributed by atoms with Crippen molar-refractivity contribution in [2.24, 2.45) is 0 Å². The Morgan fingerprint density at radius 1 is 1.31 bits per heavy atom. The number of nitriles is 1. The molecule has 2 rings (SSSR count). The van der Waals surface area contributed by atoms with E-state index in [0.717, 1.165) is 12.8 Å². The summed E-state index contributed by atoms with van der Waals surface area (Å²) in [6, 6.07) is 6.69. The van der Waals surface area contributed by atoms with Crippen LogP contribution in [0.15, 0.2) is 17.5 Å². The second-order valence-corrected chi connectivity index (χ2v) is 4.68. The molecule has 0 N–H and O–H groups in total. The predicted molar refractivity (Wildman–Crippen MR) is 54.7 cm³/mol. The zero-order valence-corrected chi connectivity index (χ0v) is 8.44. The van der Waals surface area contributed by atoms with Crippen molar-refractivity contribution in [1.29, 1.82) is 5.26 Å². The van der Waals surface area contributed by atoms with Gasteiger partial charge in [-0.25, -0.2) is 0 Å². The van der Waals surface area contributed by atoms with Crippen molar-refractivity contribution < 1.29 is 0 Å². The molecule has 1 aromatic heterocycles. The first-order valence-corrected chi connectivity index (χ1v) is 5.71. The lowest BCUT2D eigenvalue weighted by Crippen LogP contribution is -2.25. The highest BCUT2D eigenvalue weighted by molar-refractivity contribution is 7.10. The van der Waals surface area contributed by atoms with Crippen molar-refractivity contribution in [3.63, 3.8) is 0 Å². The Morgan fingerprint density at radius 2 is 2.08 bits per heavy atom. The molecule has 1 nitrogen and oxygen atoms in total. The van der Waals surface area contributed by atoms with E-state index < -0.39 is 0 Å². The van der Waals surface area contributed by atoms with Gasteiger partial charge in [-0.3, -0.25) is 0 Å². The molecule has 1 aliphatic carbocycles. The van der Waals surface area contributed by atoms with E-state index >= 15 is 0 Å². The van der Waals surface area contributed by atoms with Crippen molar-refractivity contribution in [3.8, 4) is 6.07 Å². The summed E-state index contributed by atoms with van der Waals surface area (Å²) in [6.45, 7) is 0. The average Bonchev–Trinajstić information content (AvgIpc) is 2.72. The van der Waals surface area contributed by atoms with Crippen LogP contribution in [0.2, 0.25) is 0 Å². The van der Waals surface area contributed by atoms with E-state index in [1.807, 2.05) is 6.07 Å². The monoisotopic (exact) mass is 191 g/mol. The second kappa shape index (κ2) is 3.51. The Kier molecular flexibility index (Phi) is 2.37. The molecule has 0 unspecified atom stereocenters. The average molecular weight is 191 g/mol. The third-order valence-corrected chi connectivity index (χ3v) is 3.99. The van der Waals surface area contributed by atoms with E-state index in [-0.39, 0.29) is 5.41 Å². The molecule has 13 heavy (non-hydrogen) atoms. The molecule has 1 fully saturated rings. The standard InChI is InChI=1S/C11H13NS/c12-9-11(6-2-1-3-7-11)10-5-4-8-13-10/h4-5,8H,1-3,6-7H2. The molecule has 1 heterocycles. The van der Waals surface area contributed by atoms with E-state index in [0.29, 0.717) is 0 Å². The zero-order chi connectivity index (χ0) is 9.15. The van der Waals surface area contributed by atoms with Gasteiger partial charge >= 0.3 is 0 Å². The van der Waals surface area contributed by atoms with Crippen LogP contribution in [0, 0.1) is 11.3 Å². The highest BCUT2D eigenvalue weighted by Gasteiger charge is 2.34. The molecule has 1 aromatic rings. The molecule has 2 heteroatoms. The predicted octanol–water partition coefficient (Wildman–Crippen LogP) is 3.47. The van der Waals surface area contributed by atoms with Crippen molar-refractivity contribution in [2.45, 2.75) is 37.5 Å². The number of hydrogen-bond donors (Lipinski definition) is 0. The Bertz CT molecular complexity index is 301. The van der Waals surface area contributed by atoms with Gasteiger partial charge in [0.25, 0.3) is 0 Å². The normalized spacial score (nSPS) is 20.8. The van der Waals surface area contributed by atoms with Gasteiger partial charge in [-0.05, 0) is 24.3 Å². The lowest BCUT2D eigenvalue weighted by atomic mass is 9.74. The Hall–Kier alpha value is -0.810. The first-order chi connectivity index (χ1) is 6.37. The molecule has 0 radical (unpaired) electrons. The second-order valence-electron chi connectivity index (χ2n) is 3.73. The van der Waals surface area contributed by atoms with Gasteiger partial charge in [0.15, 0.2) is 0 Å². The fraction of sp³-hybridized carbons (Fsp3) is 0.545. The van der Waals surface area contributed by atoms with Crippen molar-refractivity contribution in [1.82, 2.24) is 0 Å². The minimum Gasteiger partial charge on any atom is -0.197 e. The van der Waals surface area contributed by atoms with E-state index in [1.54, 1.807) is 11.3 Å². The van der Waals surface area contributed by atoms with E-state index in [9.17, 15) is 5.26 Å². The molecule has 0 aromatic carbocycles. The molecule has 68 valence electrons. The maximum atomic E-state index is 9.27. The molecule has 1 saturated carbocycles. The van der Waals surface area contributed by atoms with Gasteiger partial charge in [0, 0.05) is 4.88 Å². The zero-order valence-electron chi connectivity index (χ0n) is 7.62. The number of nitrogens with zero attached hydrogens (tertiary/aromatic N) is 1. The van der Waals surface area contributed by atoms with Crippen molar-refractivity contribution >= 4 is 11.3 Å². The van der Waals surface area contributed by atoms with Crippen LogP contribution >= 0.6 is 11.3 Å². The maximum Gasteiger partial charge on any atom is 0.0914 e. The Balaban J connectivity index is 2.30. The Morgan fingerprint density at radius 3 is 2.62 bits per heavy atom. The molecular formula is C11H13NS. The minimum absolute atomic E-state index is 0.133. The van der Waals surface area contributed by atoms with Gasteiger partial charge < -0.3 is 0 Å². The fourth-order valence-corrected chi connectivity index (χ4v) is 3.06. The number of hydrogen-bond acceptors (Lipinski definition) is 2. The molecule has 0 amide bonds. The van der Waals surface area contributed by atoms with E-state index in [2.05, 4.69) is 17.5 Å². The first-order valence-electron chi connectivity index (χ1n) is 4.83. The SMILES string of the molecule is N#CC1(c2cccs2)CCCCC1. The van der Waals surface area contributed by atoms with Gasteiger partial charge in [-0.2, -0.15) is 5.26 Å². The van der Waals surface area contributed by atoms with Gasteiger partial charge in [-0.1, -0.05) is 25.3 Å². The molecule has 0 bridgehead atoms. The van der Waals surface area contributed by atoms with Gasteiger partial charge in [0.05, 0.1) is 11.5 Å². The molecule has 1 aliphatic rings. The number of thiophene rings is 1. The van der Waals surface area contributed by atoms with Crippen molar-refractivity contribution in [3.05, 3.63) is 22.4 Å². The smallest absolute Gasteiger partial charge is 0.0914 e. The van der Waals surface area contributed by atoms with Crippen LogP contribution in [0.5, 0.6) is 0 Å². The van der Waals surface area contributed by atoms with Gasteiger partial charge in [0.1, 0.15) is 0 Å². The van der Waals surface area contributed by atoms with Crippen LogP contribution < -0.4 is 0 Å². The minimum atomic E-state index is -0.133. The summed E-state index contributed by atoms with van der Waals surface area (Å²) in [6.07, 6.45) is 5.85. The van der Waals surface area contributed by atoms with E-state index in [4.69, 9.17) is 0 Å². The third-order valence-electron chi connectivity index (χ3n) is 2.91. The highest BCUT2D eigenvalue weighted by Crippen LogP contribution is 2.40. The molecule has 0 aliphatic heterocycles. The number of rotatable bonds is 1. The summed E-state index contributed by atoms with van der Waals surface area (Å²) in [4.78, 5) is 1.27. The highest BCUT2D eigenvalue weighted by atomic mass is 32.1. The van der Waals surface area contributed by atoms with Crippen LogP contribution in [0.1, 0.15) is 37.0 Å². The lowest BCUT2D eigenvalue weighted by molar-refractivity contribution is 0.371. The van der Waals surface area contributed by atoms with Crippen LogP contribution in [0.4, 0.5) is 0 Å². The van der Waals surface area contributed by atoms with Crippen LogP contribution in [0.25, 0.3) is 0 Å². The summed E-state index contributed by atoms with van der Waals surface area (Å²) >= 11 is 1.73. The van der Waals surface area contributed by atoms with Gasteiger partial charge in [-0.15, -0.1) is 11.3 Å². The molecule has 0 spiro atoms. The summed E-state index contributed by atoms with van der Waals surface area (Å²) in [7, 11) is 0. The quantitative estimate of drug-likeness (QED) is 0.666. The fourth-order valence-electron chi connectivity index (χ4n) is 2.12. The summed E-state index contributed by atoms with van der Waals surface area (Å²) < 4.78 is 0. The summed E-state index contributed by atoms with van der Waals surface area (Å²) in [5.74, 6) is 0.